The van der Waals surface area contributed by atoms with E-state index in [-0.39, 0.29) is 0 Å². The van der Waals surface area contributed by atoms with Gasteiger partial charge in [0.25, 0.3) is 5.95 Å². The third-order valence-electron chi connectivity index (χ3n) is 4.04. The maximum atomic E-state index is 5.70. The molecule has 25 heavy (non-hydrogen) atoms. The topological polar surface area (TPSA) is 70.7 Å². The first-order chi connectivity index (χ1) is 12.2. The number of nitrogens with zero attached hydrogens (tertiary/aromatic N) is 6. The number of benzene rings is 1. The Morgan fingerprint density at radius 1 is 1.28 bits per heavy atom. The molecule has 1 aliphatic heterocycles. The summed E-state index contributed by atoms with van der Waals surface area (Å²) in [5, 5.41) is 8.93. The van der Waals surface area contributed by atoms with Crippen LogP contribution in [0.25, 0.3) is 17.3 Å². The highest BCUT2D eigenvalue weighted by Crippen LogP contribution is 2.31. The van der Waals surface area contributed by atoms with Crippen LogP contribution >= 0.6 is 27.7 Å². The van der Waals surface area contributed by atoms with E-state index < -0.39 is 0 Å². The fourth-order valence-electron chi connectivity index (χ4n) is 2.82. The van der Waals surface area contributed by atoms with Gasteiger partial charge in [-0.15, -0.1) is 10.2 Å². The summed E-state index contributed by atoms with van der Waals surface area (Å²) in [5.41, 5.74) is 2.20. The quantitative estimate of drug-likeness (QED) is 0.631. The standard InChI is InChI=1S/C16H17BrN6OS/c1-22-16(19-15(17)21-22)23-14(18-13(20-23)6-8-25-2)11-4-3-10-5-7-24-12(10)9-11/h3-4,9H,5-8H2,1-2H3. The highest BCUT2D eigenvalue weighted by Gasteiger charge is 2.20. The van der Waals surface area contributed by atoms with Crippen LogP contribution < -0.4 is 4.74 Å². The number of thioether (sulfide) groups is 1. The molecule has 1 aliphatic rings. The second kappa shape index (κ2) is 6.80. The van der Waals surface area contributed by atoms with Crippen LogP contribution in [-0.4, -0.2) is 48.1 Å². The summed E-state index contributed by atoms with van der Waals surface area (Å²) >= 11 is 5.10. The fraction of sp³-hybridized carbons (Fsp3) is 0.375. The number of hydrogen-bond acceptors (Lipinski definition) is 6. The average Bonchev–Trinajstić information content (AvgIpc) is 3.30. The van der Waals surface area contributed by atoms with Crippen LogP contribution in [0.15, 0.2) is 22.9 Å². The Balaban J connectivity index is 1.82. The van der Waals surface area contributed by atoms with E-state index in [1.165, 1.54) is 5.56 Å². The van der Waals surface area contributed by atoms with Crippen LogP contribution in [0.4, 0.5) is 0 Å². The van der Waals surface area contributed by atoms with Gasteiger partial charge < -0.3 is 4.74 Å². The second-order valence-corrected chi connectivity index (χ2v) is 7.43. The average molecular weight is 421 g/mol. The maximum Gasteiger partial charge on any atom is 0.251 e. The number of aryl methyl sites for hydroxylation is 2. The van der Waals surface area contributed by atoms with Crippen LogP contribution in [0.2, 0.25) is 0 Å². The lowest BCUT2D eigenvalue weighted by atomic mass is 10.1. The minimum atomic E-state index is 0.523. The molecule has 3 heterocycles. The molecule has 0 atom stereocenters. The van der Waals surface area contributed by atoms with Crippen molar-refractivity contribution in [2.24, 2.45) is 7.05 Å². The zero-order chi connectivity index (χ0) is 17.4. The van der Waals surface area contributed by atoms with Gasteiger partial charge in [0.15, 0.2) is 11.6 Å². The maximum absolute atomic E-state index is 5.70. The highest BCUT2D eigenvalue weighted by molar-refractivity contribution is 9.10. The van der Waals surface area contributed by atoms with Gasteiger partial charge in [-0.05, 0) is 33.8 Å². The molecule has 0 saturated carbocycles. The molecule has 3 aromatic rings. The van der Waals surface area contributed by atoms with Gasteiger partial charge in [-0.1, -0.05) is 12.1 Å². The smallest absolute Gasteiger partial charge is 0.251 e. The minimum absolute atomic E-state index is 0.523. The van der Waals surface area contributed by atoms with Gasteiger partial charge in [-0.2, -0.15) is 21.4 Å². The van der Waals surface area contributed by atoms with Gasteiger partial charge in [-0.25, -0.2) is 9.67 Å². The number of ether oxygens (including phenoxy) is 1. The first-order valence-electron chi connectivity index (χ1n) is 7.93. The Morgan fingerprint density at radius 3 is 2.92 bits per heavy atom. The van der Waals surface area contributed by atoms with Gasteiger partial charge in [-0.3, -0.25) is 0 Å². The lowest BCUT2D eigenvalue weighted by molar-refractivity contribution is 0.357. The van der Waals surface area contributed by atoms with Gasteiger partial charge in [0.05, 0.1) is 6.61 Å². The first kappa shape index (κ1) is 16.6. The minimum Gasteiger partial charge on any atom is -0.493 e. The molecule has 0 radical (unpaired) electrons. The second-order valence-electron chi connectivity index (χ2n) is 5.73. The molecule has 0 unspecified atom stereocenters. The van der Waals surface area contributed by atoms with Crippen molar-refractivity contribution < 1.29 is 4.74 Å². The van der Waals surface area contributed by atoms with Crippen LogP contribution in [0, 0.1) is 0 Å². The molecule has 130 valence electrons. The summed E-state index contributed by atoms with van der Waals surface area (Å²) in [6.07, 6.45) is 3.84. The SMILES string of the molecule is CSCCc1nc(-c2ccc3c(c2)OCC3)n(-c2nc(Br)nn2C)n1. The van der Waals surface area contributed by atoms with Crippen LogP contribution in [0.5, 0.6) is 5.75 Å². The zero-order valence-electron chi connectivity index (χ0n) is 13.9. The van der Waals surface area contributed by atoms with Crippen molar-refractivity contribution >= 4 is 27.7 Å². The van der Waals surface area contributed by atoms with Crippen molar-refractivity contribution in [1.82, 2.24) is 29.5 Å². The first-order valence-corrected chi connectivity index (χ1v) is 10.1. The predicted octanol–water partition coefficient (Wildman–Crippen LogP) is 2.67. The molecule has 4 rings (SSSR count). The van der Waals surface area contributed by atoms with E-state index in [1.54, 1.807) is 21.1 Å². The molecule has 0 bridgehead atoms. The zero-order valence-corrected chi connectivity index (χ0v) is 16.3. The fourth-order valence-corrected chi connectivity index (χ4v) is 3.60. The van der Waals surface area contributed by atoms with Crippen molar-refractivity contribution in [3.8, 4) is 23.1 Å². The Kier molecular flexibility index (Phi) is 4.51. The number of fused-ring (bicyclic) bond motifs is 1. The summed E-state index contributed by atoms with van der Waals surface area (Å²) in [6.45, 7) is 0.737. The van der Waals surface area contributed by atoms with E-state index in [2.05, 4.69) is 49.5 Å². The summed E-state index contributed by atoms with van der Waals surface area (Å²) < 4.78 is 9.67. The third kappa shape index (κ3) is 3.18. The highest BCUT2D eigenvalue weighted by atomic mass is 79.9. The lowest BCUT2D eigenvalue weighted by Crippen LogP contribution is -2.08. The van der Waals surface area contributed by atoms with Crippen molar-refractivity contribution in [2.75, 3.05) is 18.6 Å². The molecule has 0 aliphatic carbocycles. The molecular formula is C16H17BrN6OS. The van der Waals surface area contributed by atoms with E-state index in [4.69, 9.17) is 9.72 Å². The molecule has 0 amide bonds. The van der Waals surface area contributed by atoms with Gasteiger partial charge in [0.1, 0.15) is 5.75 Å². The Bertz CT molecular complexity index is 921. The molecule has 9 heteroatoms. The Hall–Kier alpha value is -1.87. The van der Waals surface area contributed by atoms with E-state index in [9.17, 15) is 0 Å². The normalized spacial score (nSPS) is 13.1. The number of halogens is 1. The molecule has 0 saturated heterocycles. The van der Waals surface area contributed by atoms with Crippen LogP contribution in [-0.2, 0) is 19.9 Å². The molecule has 2 aromatic heterocycles. The molecule has 0 fully saturated rings. The monoisotopic (exact) mass is 420 g/mol. The summed E-state index contributed by atoms with van der Waals surface area (Å²) in [7, 11) is 1.84. The van der Waals surface area contributed by atoms with E-state index in [1.807, 2.05) is 13.1 Å². The lowest BCUT2D eigenvalue weighted by Gasteiger charge is -2.06. The summed E-state index contributed by atoms with van der Waals surface area (Å²) in [4.78, 5) is 9.18. The van der Waals surface area contributed by atoms with Crippen molar-refractivity contribution in [2.45, 2.75) is 12.8 Å². The molecule has 0 N–H and O–H groups in total. The Morgan fingerprint density at radius 2 is 2.16 bits per heavy atom. The van der Waals surface area contributed by atoms with E-state index in [0.29, 0.717) is 10.7 Å². The van der Waals surface area contributed by atoms with Crippen LogP contribution in [0.3, 0.4) is 0 Å². The summed E-state index contributed by atoms with van der Waals surface area (Å²) in [6, 6.07) is 6.20. The van der Waals surface area contributed by atoms with Gasteiger partial charge >= 0.3 is 0 Å². The van der Waals surface area contributed by atoms with E-state index >= 15 is 0 Å². The number of aromatic nitrogens is 6. The molecule has 1 aromatic carbocycles. The summed E-state index contributed by atoms with van der Waals surface area (Å²) in [5.74, 6) is 4.06. The van der Waals surface area contributed by atoms with Gasteiger partial charge in [0, 0.05) is 31.2 Å². The number of rotatable bonds is 5. The van der Waals surface area contributed by atoms with Gasteiger partial charge in [0.2, 0.25) is 4.73 Å². The largest absolute Gasteiger partial charge is 0.493 e. The van der Waals surface area contributed by atoms with Crippen LogP contribution in [0.1, 0.15) is 11.4 Å². The predicted molar refractivity (Wildman–Crippen MR) is 100 cm³/mol. The van der Waals surface area contributed by atoms with Crippen molar-refractivity contribution in [3.63, 3.8) is 0 Å². The molecule has 0 spiro atoms. The van der Waals surface area contributed by atoms with Crippen molar-refractivity contribution in [3.05, 3.63) is 34.3 Å². The molecular weight excluding hydrogens is 404 g/mol. The molecule has 7 nitrogen and oxygen atoms in total. The van der Waals surface area contributed by atoms with E-state index in [0.717, 1.165) is 48.2 Å². The number of hydrogen-bond donors (Lipinski definition) is 0. The Labute approximate surface area is 157 Å². The van der Waals surface area contributed by atoms with Crippen molar-refractivity contribution in [1.29, 1.82) is 0 Å². The third-order valence-corrected chi connectivity index (χ3v) is 4.99.